The Bertz CT molecular complexity index is 1360. The molecule has 0 aliphatic carbocycles. The van der Waals surface area contributed by atoms with Crippen molar-refractivity contribution < 1.29 is 31.8 Å². The summed E-state index contributed by atoms with van der Waals surface area (Å²) in [5, 5.41) is 4.38. The summed E-state index contributed by atoms with van der Waals surface area (Å²) in [7, 11) is 0. The Balaban J connectivity index is 1.61. The molecule has 218 valence electrons. The molecule has 2 heterocycles. The number of halogens is 6. The van der Waals surface area contributed by atoms with Crippen LogP contribution in [-0.2, 0) is 21.4 Å². The molecule has 1 fully saturated rings. The van der Waals surface area contributed by atoms with Crippen LogP contribution in [0.2, 0.25) is 10.2 Å². The third kappa shape index (κ3) is 7.01. The van der Waals surface area contributed by atoms with E-state index in [9.17, 15) is 22.4 Å². The summed E-state index contributed by atoms with van der Waals surface area (Å²) in [5.41, 5.74) is 0.222. The number of fused-ring (bicyclic) bond motifs is 1. The first-order valence-electron chi connectivity index (χ1n) is 12.8. The second-order valence-corrected chi connectivity index (χ2v) is 12.0. The zero-order valence-corrected chi connectivity index (χ0v) is 24.1. The van der Waals surface area contributed by atoms with E-state index in [0.29, 0.717) is 36.9 Å². The predicted octanol–water partition coefficient (Wildman–Crippen LogP) is 8.09. The van der Waals surface area contributed by atoms with Crippen LogP contribution in [0, 0.1) is 5.82 Å². The maximum atomic E-state index is 13.8. The van der Waals surface area contributed by atoms with Gasteiger partial charge in [0.05, 0.1) is 18.2 Å². The van der Waals surface area contributed by atoms with E-state index in [0.717, 1.165) is 10.2 Å². The van der Waals surface area contributed by atoms with E-state index in [1.165, 1.54) is 18.2 Å². The third-order valence-corrected chi connectivity index (χ3v) is 7.50. The monoisotopic (exact) mass is 603 g/mol. The van der Waals surface area contributed by atoms with Gasteiger partial charge >= 0.3 is 12.3 Å². The Hall–Kier alpha value is -2.56. The van der Waals surface area contributed by atoms with Gasteiger partial charge in [0, 0.05) is 34.5 Å². The van der Waals surface area contributed by atoms with Gasteiger partial charge in [0.15, 0.2) is 5.15 Å². The quantitative estimate of drug-likeness (QED) is 0.267. The van der Waals surface area contributed by atoms with Gasteiger partial charge in [-0.25, -0.2) is 9.18 Å². The molecule has 3 aromatic rings. The number of likely N-dealkylation sites (tertiary alicyclic amines) is 1. The van der Waals surface area contributed by atoms with Crippen LogP contribution in [0.4, 0.5) is 22.4 Å². The number of ether oxygens (including phenoxy) is 2. The molecule has 12 heteroatoms. The fourth-order valence-corrected chi connectivity index (χ4v) is 5.47. The number of benzene rings is 2. The number of nitrogens with zero attached hydrogens (tertiary/aromatic N) is 3. The molecular weight excluding hydrogens is 573 g/mol. The van der Waals surface area contributed by atoms with Crippen molar-refractivity contribution in [2.75, 3.05) is 19.7 Å². The van der Waals surface area contributed by atoms with Crippen molar-refractivity contribution in [2.45, 2.75) is 70.4 Å². The molecule has 4 rings (SSSR count). The molecule has 0 saturated carbocycles. The van der Waals surface area contributed by atoms with Crippen LogP contribution < -0.4 is 0 Å². The molecule has 1 aliphatic rings. The van der Waals surface area contributed by atoms with Crippen molar-refractivity contribution in [1.29, 1.82) is 0 Å². The van der Waals surface area contributed by atoms with Gasteiger partial charge in [-0.05, 0) is 70.4 Å². The van der Waals surface area contributed by atoms with Crippen molar-refractivity contribution in [2.24, 2.45) is 0 Å². The van der Waals surface area contributed by atoms with Gasteiger partial charge < -0.3 is 14.4 Å². The summed E-state index contributed by atoms with van der Waals surface area (Å²) in [6, 6.07) is 9.17. The smallest absolute Gasteiger partial charge is 0.410 e. The summed E-state index contributed by atoms with van der Waals surface area (Å²) >= 11 is 12.5. The Kier molecular flexibility index (Phi) is 8.64. The highest BCUT2D eigenvalue weighted by Gasteiger charge is 2.40. The highest BCUT2D eigenvalue weighted by molar-refractivity contribution is 6.36. The minimum Gasteiger partial charge on any atom is -0.444 e. The summed E-state index contributed by atoms with van der Waals surface area (Å²) in [4.78, 5) is 14.3. The molecule has 1 atom stereocenters. The number of hydrogen-bond acceptors (Lipinski definition) is 4. The van der Waals surface area contributed by atoms with Gasteiger partial charge in [-0.15, -0.1) is 0 Å². The number of amides is 1. The topological polar surface area (TPSA) is 56.6 Å². The van der Waals surface area contributed by atoms with Crippen molar-refractivity contribution in [1.82, 2.24) is 14.7 Å². The minimum atomic E-state index is -4.52. The molecule has 40 heavy (non-hydrogen) atoms. The lowest BCUT2D eigenvalue weighted by Gasteiger charge is -2.42. The van der Waals surface area contributed by atoms with E-state index in [4.69, 9.17) is 32.7 Å². The Morgan fingerprint density at radius 3 is 2.30 bits per heavy atom. The lowest BCUT2D eigenvalue weighted by molar-refractivity contribution is -0.141. The van der Waals surface area contributed by atoms with Crippen LogP contribution in [0.25, 0.3) is 10.9 Å². The molecule has 2 aromatic carbocycles. The number of alkyl halides is 3. The van der Waals surface area contributed by atoms with Gasteiger partial charge in [0.1, 0.15) is 18.0 Å². The lowest BCUT2D eigenvalue weighted by Crippen LogP contribution is -2.48. The van der Waals surface area contributed by atoms with E-state index in [1.807, 2.05) is 0 Å². The van der Waals surface area contributed by atoms with Crippen LogP contribution in [0.1, 0.15) is 57.8 Å². The van der Waals surface area contributed by atoms with Crippen molar-refractivity contribution >= 4 is 40.2 Å². The average Bonchev–Trinajstić information content (AvgIpc) is 3.14. The molecule has 1 aliphatic heterocycles. The summed E-state index contributed by atoms with van der Waals surface area (Å²) in [6.07, 6.45) is -4.61. The SMILES string of the molecule is C[C@@H](OCC1(c2ccc(F)cc2)CCN(C(=O)OC(C)(C)C)CC1)c1cc(Cl)cc2c(Cl)nn(CC(F)(F)F)c12. The lowest BCUT2D eigenvalue weighted by atomic mass is 9.73. The Morgan fingerprint density at radius 2 is 1.73 bits per heavy atom. The average molecular weight is 604 g/mol. The molecular formula is C28H31Cl2F4N3O3. The van der Waals surface area contributed by atoms with E-state index in [2.05, 4.69) is 5.10 Å². The predicted molar refractivity (Wildman–Crippen MR) is 145 cm³/mol. The molecule has 0 radical (unpaired) electrons. The van der Waals surface area contributed by atoms with Gasteiger partial charge in [-0.2, -0.15) is 18.3 Å². The van der Waals surface area contributed by atoms with E-state index in [-0.39, 0.29) is 28.1 Å². The van der Waals surface area contributed by atoms with Gasteiger partial charge in [0.2, 0.25) is 0 Å². The first kappa shape index (κ1) is 30.4. The molecule has 1 amide bonds. The number of piperidine rings is 1. The number of aromatic nitrogens is 2. The Morgan fingerprint density at radius 1 is 1.10 bits per heavy atom. The first-order valence-corrected chi connectivity index (χ1v) is 13.6. The number of hydrogen-bond donors (Lipinski definition) is 0. The molecule has 0 unspecified atom stereocenters. The van der Waals surface area contributed by atoms with Crippen molar-refractivity contribution in [3.05, 3.63) is 63.5 Å². The second-order valence-electron chi connectivity index (χ2n) is 11.2. The number of carbonyl (C=O) groups excluding carboxylic acids is 1. The highest BCUT2D eigenvalue weighted by atomic mass is 35.5. The van der Waals surface area contributed by atoms with Crippen LogP contribution in [0.5, 0.6) is 0 Å². The van der Waals surface area contributed by atoms with Crippen molar-refractivity contribution in [3.63, 3.8) is 0 Å². The number of rotatable bonds is 6. The van der Waals surface area contributed by atoms with Crippen LogP contribution in [0.15, 0.2) is 36.4 Å². The normalized spacial score (nSPS) is 16.8. The van der Waals surface area contributed by atoms with Gasteiger partial charge in [-0.3, -0.25) is 4.68 Å². The minimum absolute atomic E-state index is 0.0903. The second kappa shape index (κ2) is 11.4. The third-order valence-electron chi connectivity index (χ3n) is 7.00. The maximum Gasteiger partial charge on any atom is 0.410 e. The summed E-state index contributed by atoms with van der Waals surface area (Å²) in [5.74, 6) is -0.379. The van der Waals surface area contributed by atoms with E-state index >= 15 is 0 Å². The summed E-state index contributed by atoms with van der Waals surface area (Å²) in [6.45, 7) is 6.74. The van der Waals surface area contributed by atoms with Crippen LogP contribution in [-0.4, -0.2) is 52.2 Å². The zero-order valence-electron chi connectivity index (χ0n) is 22.6. The zero-order chi connectivity index (χ0) is 29.5. The van der Waals surface area contributed by atoms with Crippen molar-refractivity contribution in [3.8, 4) is 0 Å². The molecule has 0 N–H and O–H groups in total. The van der Waals surface area contributed by atoms with Crippen LogP contribution in [0.3, 0.4) is 0 Å². The standard InChI is InChI=1S/C28H31Cl2F4N3O3/c1-17(21-13-19(29)14-22-23(21)37(35-24(22)30)15-28(32,33)34)39-16-27(18-5-7-20(31)8-6-18)9-11-36(12-10-27)25(38)40-26(2,3)4/h5-8,13-14,17H,9-12,15-16H2,1-4H3/t17-/m1/s1. The maximum absolute atomic E-state index is 13.8. The largest absolute Gasteiger partial charge is 0.444 e. The van der Waals surface area contributed by atoms with Crippen LogP contribution >= 0.6 is 23.2 Å². The van der Waals surface area contributed by atoms with E-state index in [1.54, 1.807) is 50.8 Å². The molecule has 1 saturated heterocycles. The molecule has 6 nitrogen and oxygen atoms in total. The first-order chi connectivity index (χ1) is 18.6. The highest BCUT2D eigenvalue weighted by Crippen LogP contribution is 2.40. The number of carbonyl (C=O) groups is 1. The molecule has 0 bridgehead atoms. The fourth-order valence-electron chi connectivity index (χ4n) is 5.01. The summed E-state index contributed by atoms with van der Waals surface area (Å²) < 4.78 is 66.3. The molecule has 0 spiro atoms. The fraction of sp³-hybridized carbons (Fsp3) is 0.500. The molecule has 1 aromatic heterocycles. The van der Waals surface area contributed by atoms with Gasteiger partial charge in [-0.1, -0.05) is 35.3 Å². The van der Waals surface area contributed by atoms with E-state index < -0.39 is 35.9 Å². The van der Waals surface area contributed by atoms with Gasteiger partial charge in [0.25, 0.3) is 0 Å². The Labute approximate surface area is 240 Å².